The van der Waals surface area contributed by atoms with Gasteiger partial charge in [0.25, 0.3) is 5.91 Å². The lowest BCUT2D eigenvalue weighted by molar-refractivity contribution is -0.139. The van der Waals surface area contributed by atoms with E-state index in [-0.39, 0.29) is 0 Å². The van der Waals surface area contributed by atoms with Crippen LogP contribution in [0.1, 0.15) is 68.9 Å². The Labute approximate surface area is 217 Å². The summed E-state index contributed by atoms with van der Waals surface area (Å²) >= 11 is 0. The number of Topliss-reactive ketones (excluding diaryl/α,β-unsaturated/α-hetero) is 1. The summed E-state index contributed by atoms with van der Waals surface area (Å²) in [6.07, 6.45) is 7.83. The van der Waals surface area contributed by atoms with Gasteiger partial charge in [-0.2, -0.15) is 0 Å². The Hall–Kier alpha value is -2.90. The maximum atomic E-state index is 14.2. The first kappa shape index (κ1) is 25.7. The molecule has 3 N–H and O–H groups in total. The van der Waals surface area contributed by atoms with E-state index in [1.807, 2.05) is 12.1 Å². The van der Waals surface area contributed by atoms with E-state index in [1.54, 1.807) is 31.3 Å². The third kappa shape index (κ3) is 5.25. The van der Waals surface area contributed by atoms with Gasteiger partial charge in [-0.05, 0) is 61.4 Å². The molecule has 2 fully saturated rings. The zero-order chi connectivity index (χ0) is 26.2. The highest BCUT2D eigenvalue weighted by atomic mass is 19.1. The largest absolute Gasteiger partial charge is 0.392 e. The molecule has 2 saturated carbocycles. The molecule has 1 heterocycles. The number of likely N-dealkylation sites (N-methyl/N-ethyl adjacent to an activating group) is 1. The smallest absolute Gasteiger partial charge is 0.277 e. The van der Waals surface area contributed by atoms with E-state index in [1.165, 1.54) is 42.7 Å². The standard InChI is InChI=1S/C30H36FN3O3/c1-34-25-9-5-4-8-23(25)27(21-13-15-22(31)16-14-21)33-30(32,29(34)37)28(36)24(18-20-10-11-20)26(35)17-12-19-6-2-3-7-19/h4-5,8-9,13-16,19-20,24,26,35H,2-3,6-7,10-12,17-18,32H2,1H3/t24-,26+,30?/m1/s1. The van der Waals surface area contributed by atoms with Gasteiger partial charge in [0.05, 0.1) is 17.5 Å². The van der Waals surface area contributed by atoms with Crippen molar-refractivity contribution < 1.29 is 19.1 Å². The van der Waals surface area contributed by atoms with Crippen molar-refractivity contribution in [1.29, 1.82) is 0 Å². The van der Waals surface area contributed by atoms with Crippen molar-refractivity contribution in [3.63, 3.8) is 0 Å². The van der Waals surface area contributed by atoms with Crippen LogP contribution in [-0.4, -0.2) is 41.3 Å². The van der Waals surface area contributed by atoms with Crippen LogP contribution < -0.4 is 10.6 Å². The first-order valence-corrected chi connectivity index (χ1v) is 13.5. The van der Waals surface area contributed by atoms with E-state index in [0.29, 0.717) is 47.2 Å². The molecule has 0 spiro atoms. The van der Waals surface area contributed by atoms with Crippen LogP contribution in [0.4, 0.5) is 10.1 Å². The Kier molecular flexibility index (Phi) is 7.28. The second kappa shape index (κ2) is 10.5. The molecule has 0 radical (unpaired) electrons. The van der Waals surface area contributed by atoms with E-state index in [0.717, 1.165) is 19.3 Å². The summed E-state index contributed by atoms with van der Waals surface area (Å²) in [4.78, 5) is 34.1. The van der Waals surface area contributed by atoms with Gasteiger partial charge in [0.15, 0.2) is 5.78 Å². The summed E-state index contributed by atoms with van der Waals surface area (Å²) in [7, 11) is 1.59. The molecule has 37 heavy (non-hydrogen) atoms. The van der Waals surface area contributed by atoms with Crippen molar-refractivity contribution in [2.45, 2.75) is 69.6 Å². The minimum atomic E-state index is -2.20. The fourth-order valence-corrected chi connectivity index (χ4v) is 5.95. The molecule has 3 aliphatic rings. The normalized spacial score (nSPS) is 23.8. The average molecular weight is 506 g/mol. The van der Waals surface area contributed by atoms with Crippen molar-refractivity contribution in [2.75, 3.05) is 11.9 Å². The number of nitrogens with zero attached hydrogens (tertiary/aromatic N) is 2. The minimum absolute atomic E-state index is 0.356. The molecule has 0 bridgehead atoms. The van der Waals surface area contributed by atoms with Crippen LogP contribution in [0, 0.1) is 23.6 Å². The third-order valence-electron chi connectivity index (χ3n) is 8.36. The predicted molar refractivity (Wildman–Crippen MR) is 142 cm³/mol. The molecule has 6 nitrogen and oxygen atoms in total. The number of carbonyl (C=O) groups is 2. The number of amides is 1. The highest BCUT2D eigenvalue weighted by molar-refractivity contribution is 6.26. The van der Waals surface area contributed by atoms with E-state index in [4.69, 9.17) is 5.73 Å². The van der Waals surface area contributed by atoms with Gasteiger partial charge in [-0.3, -0.25) is 15.3 Å². The van der Waals surface area contributed by atoms with Gasteiger partial charge < -0.3 is 10.0 Å². The second-order valence-electron chi connectivity index (χ2n) is 11.1. The van der Waals surface area contributed by atoms with E-state index >= 15 is 0 Å². The number of fused-ring (bicyclic) bond motifs is 1. The Bertz CT molecular complexity index is 1190. The number of benzodiazepines with no additional fused rings is 1. The number of benzene rings is 2. The van der Waals surface area contributed by atoms with Crippen molar-refractivity contribution in [2.24, 2.45) is 28.5 Å². The highest BCUT2D eigenvalue weighted by Crippen LogP contribution is 2.40. The van der Waals surface area contributed by atoms with E-state index in [9.17, 15) is 19.1 Å². The lowest BCUT2D eigenvalue weighted by Gasteiger charge is -2.32. The van der Waals surface area contributed by atoms with Crippen molar-refractivity contribution in [3.8, 4) is 0 Å². The number of aliphatic hydroxyl groups is 1. The number of carbonyl (C=O) groups excluding carboxylic acids is 2. The average Bonchev–Trinajstić information content (AvgIpc) is 3.60. The molecule has 2 aromatic carbocycles. The van der Waals surface area contributed by atoms with Gasteiger partial charge in [0.2, 0.25) is 5.66 Å². The summed E-state index contributed by atoms with van der Waals surface area (Å²) in [6, 6.07) is 13.0. The first-order valence-electron chi connectivity index (χ1n) is 13.5. The fraction of sp³-hybridized carbons (Fsp3) is 0.500. The molecule has 2 aromatic rings. The maximum Gasteiger partial charge on any atom is 0.277 e. The number of halogens is 1. The van der Waals surface area contributed by atoms with E-state index < -0.39 is 35.2 Å². The zero-order valence-electron chi connectivity index (χ0n) is 21.4. The van der Waals surface area contributed by atoms with Crippen LogP contribution in [0.5, 0.6) is 0 Å². The van der Waals surface area contributed by atoms with Gasteiger partial charge in [0.1, 0.15) is 5.82 Å². The molecule has 1 amide bonds. The summed E-state index contributed by atoms with van der Waals surface area (Å²) < 4.78 is 13.7. The lowest BCUT2D eigenvalue weighted by Crippen LogP contribution is -2.61. The summed E-state index contributed by atoms with van der Waals surface area (Å²) in [5.41, 5.74) is 6.62. The van der Waals surface area contributed by atoms with Gasteiger partial charge in [0, 0.05) is 24.1 Å². The molecule has 7 heteroatoms. The van der Waals surface area contributed by atoms with Crippen LogP contribution >= 0.6 is 0 Å². The van der Waals surface area contributed by atoms with Gasteiger partial charge in [-0.1, -0.05) is 56.7 Å². The molecule has 0 saturated heterocycles. The monoisotopic (exact) mass is 505 g/mol. The Balaban J connectivity index is 1.53. The summed E-state index contributed by atoms with van der Waals surface area (Å²) in [5, 5.41) is 11.3. The van der Waals surface area contributed by atoms with Crippen LogP contribution in [-0.2, 0) is 9.59 Å². The first-order chi connectivity index (χ1) is 17.8. The fourth-order valence-electron chi connectivity index (χ4n) is 5.95. The number of aliphatic hydroxyl groups excluding tert-OH is 1. The summed E-state index contributed by atoms with van der Waals surface area (Å²) in [5.74, 6) is -1.40. The molecular formula is C30H36FN3O3. The van der Waals surface area contributed by atoms with Crippen molar-refractivity contribution in [1.82, 2.24) is 0 Å². The molecule has 5 rings (SSSR count). The number of hydrogen-bond acceptors (Lipinski definition) is 5. The molecule has 1 aliphatic heterocycles. The molecule has 1 unspecified atom stereocenters. The maximum absolute atomic E-state index is 14.2. The van der Waals surface area contributed by atoms with Crippen molar-refractivity contribution >= 4 is 23.1 Å². The molecule has 0 aromatic heterocycles. The lowest BCUT2D eigenvalue weighted by atomic mass is 9.82. The van der Waals surface area contributed by atoms with Crippen LogP contribution in [0.15, 0.2) is 53.5 Å². The Morgan fingerprint density at radius 2 is 1.78 bits per heavy atom. The number of aliphatic imine (C=N–C) groups is 1. The number of ketones is 1. The number of para-hydroxylation sites is 1. The van der Waals surface area contributed by atoms with E-state index in [2.05, 4.69) is 4.99 Å². The Morgan fingerprint density at radius 1 is 1.11 bits per heavy atom. The Morgan fingerprint density at radius 3 is 2.46 bits per heavy atom. The third-order valence-corrected chi connectivity index (χ3v) is 8.36. The molecule has 196 valence electrons. The SMILES string of the molecule is CN1C(=O)C(N)(C(=O)[C@H](CC2CC2)[C@@H](O)CCC2CCCC2)N=C(c2ccc(F)cc2)c2ccccc21. The molecule has 2 aliphatic carbocycles. The molecular weight excluding hydrogens is 469 g/mol. The zero-order valence-corrected chi connectivity index (χ0v) is 21.4. The van der Waals surface area contributed by atoms with Gasteiger partial charge >= 0.3 is 0 Å². The molecule has 3 atom stereocenters. The summed E-state index contributed by atoms with van der Waals surface area (Å²) in [6.45, 7) is 0. The van der Waals surface area contributed by atoms with Gasteiger partial charge in [-0.25, -0.2) is 9.38 Å². The predicted octanol–water partition coefficient (Wildman–Crippen LogP) is 4.61. The van der Waals surface area contributed by atoms with Gasteiger partial charge in [-0.15, -0.1) is 0 Å². The second-order valence-corrected chi connectivity index (χ2v) is 11.1. The topological polar surface area (TPSA) is 96.0 Å². The number of nitrogens with two attached hydrogens (primary N) is 1. The number of anilines is 1. The number of rotatable bonds is 9. The van der Waals surface area contributed by atoms with Crippen LogP contribution in [0.3, 0.4) is 0 Å². The van der Waals surface area contributed by atoms with Crippen LogP contribution in [0.25, 0.3) is 0 Å². The van der Waals surface area contributed by atoms with Crippen molar-refractivity contribution in [3.05, 3.63) is 65.5 Å². The minimum Gasteiger partial charge on any atom is -0.392 e. The van der Waals surface area contributed by atoms with Crippen LogP contribution in [0.2, 0.25) is 0 Å². The quantitative estimate of drug-likeness (QED) is 0.487. The highest BCUT2D eigenvalue weighted by Gasteiger charge is 2.51. The number of hydrogen-bond donors (Lipinski definition) is 2.